The molecule has 0 aliphatic heterocycles. The number of halogens is 1. The molecule has 4 heteroatoms. The van der Waals surface area contributed by atoms with Crippen molar-refractivity contribution in [3.63, 3.8) is 0 Å². The minimum absolute atomic E-state index is 0.677. The second kappa shape index (κ2) is 6.89. The van der Waals surface area contributed by atoms with E-state index in [1.54, 1.807) is 18.9 Å². The minimum Gasteiger partial charge on any atom is -0.385 e. The molecule has 0 aliphatic carbocycles. The van der Waals surface area contributed by atoms with E-state index in [0.717, 1.165) is 23.3 Å². The van der Waals surface area contributed by atoms with E-state index in [-0.39, 0.29) is 0 Å². The fraction of sp³-hybridized carbons (Fsp3) is 0.364. The van der Waals surface area contributed by atoms with Crippen LogP contribution in [0, 0.1) is 11.3 Å². The fourth-order valence-corrected chi connectivity index (χ4v) is 2.55. The Morgan fingerprint density at radius 3 is 2.93 bits per heavy atom. The number of ether oxygens (including phenoxy) is 1. The molecule has 0 fully saturated rings. The maximum absolute atomic E-state index is 8.75. The molecule has 0 N–H and O–H groups in total. The summed E-state index contributed by atoms with van der Waals surface area (Å²) >= 11 is 5.14. The lowest BCUT2D eigenvalue weighted by atomic mass is 10.2. The number of thioether (sulfide) groups is 1. The van der Waals surface area contributed by atoms with Crippen LogP contribution in [0.15, 0.2) is 27.6 Å². The van der Waals surface area contributed by atoms with Gasteiger partial charge in [0, 0.05) is 28.8 Å². The number of nitriles is 1. The Balaban J connectivity index is 2.49. The number of methoxy groups -OCH3 is 1. The Morgan fingerprint density at radius 2 is 2.33 bits per heavy atom. The minimum atomic E-state index is 0.677. The van der Waals surface area contributed by atoms with Gasteiger partial charge in [-0.25, -0.2) is 0 Å². The molecule has 0 aliphatic rings. The van der Waals surface area contributed by atoms with E-state index >= 15 is 0 Å². The highest BCUT2D eigenvalue weighted by Crippen LogP contribution is 2.25. The normalized spacial score (nSPS) is 9.93. The van der Waals surface area contributed by atoms with Crippen LogP contribution in [0.4, 0.5) is 0 Å². The highest BCUT2D eigenvalue weighted by molar-refractivity contribution is 9.10. The summed E-state index contributed by atoms with van der Waals surface area (Å²) in [5, 5.41) is 8.75. The van der Waals surface area contributed by atoms with Crippen molar-refractivity contribution in [2.45, 2.75) is 11.3 Å². The molecule has 0 atom stereocenters. The topological polar surface area (TPSA) is 33.0 Å². The van der Waals surface area contributed by atoms with Crippen LogP contribution in [-0.2, 0) is 4.74 Å². The van der Waals surface area contributed by atoms with Crippen molar-refractivity contribution in [2.24, 2.45) is 0 Å². The summed E-state index contributed by atoms with van der Waals surface area (Å²) in [5.41, 5.74) is 0.677. The van der Waals surface area contributed by atoms with Crippen molar-refractivity contribution in [2.75, 3.05) is 19.5 Å². The quantitative estimate of drug-likeness (QED) is 0.614. The van der Waals surface area contributed by atoms with Gasteiger partial charge in [0.25, 0.3) is 0 Å². The average molecular weight is 286 g/mol. The zero-order valence-electron chi connectivity index (χ0n) is 8.50. The number of hydrogen-bond acceptors (Lipinski definition) is 3. The number of benzene rings is 1. The van der Waals surface area contributed by atoms with Gasteiger partial charge in [-0.05, 0) is 40.5 Å². The zero-order valence-corrected chi connectivity index (χ0v) is 10.9. The summed E-state index contributed by atoms with van der Waals surface area (Å²) in [7, 11) is 1.71. The van der Waals surface area contributed by atoms with Gasteiger partial charge in [0.1, 0.15) is 6.07 Å². The van der Waals surface area contributed by atoms with E-state index in [2.05, 4.69) is 22.0 Å². The first kappa shape index (κ1) is 12.6. The molecule has 0 heterocycles. The third kappa shape index (κ3) is 4.25. The van der Waals surface area contributed by atoms with Gasteiger partial charge in [-0.3, -0.25) is 0 Å². The standard InChI is InChI=1S/C11H12BrNOS/c1-14-5-2-6-15-10-4-3-9(8-13)11(12)7-10/h3-4,7H,2,5-6H2,1H3. The Labute approximate surface area is 103 Å². The SMILES string of the molecule is COCCCSc1ccc(C#N)c(Br)c1. The Bertz CT molecular complexity index is 362. The maximum atomic E-state index is 8.75. The van der Waals surface area contributed by atoms with Crippen LogP contribution < -0.4 is 0 Å². The molecule has 15 heavy (non-hydrogen) atoms. The lowest BCUT2D eigenvalue weighted by molar-refractivity contribution is 0.200. The third-order valence-corrected chi connectivity index (χ3v) is 3.56. The monoisotopic (exact) mass is 285 g/mol. The number of hydrogen-bond donors (Lipinski definition) is 0. The van der Waals surface area contributed by atoms with Gasteiger partial charge in [0.15, 0.2) is 0 Å². The fourth-order valence-electron chi connectivity index (χ4n) is 1.07. The summed E-state index contributed by atoms with van der Waals surface area (Å²) in [6, 6.07) is 7.91. The summed E-state index contributed by atoms with van der Waals surface area (Å²) in [4.78, 5) is 1.18. The molecule has 0 bridgehead atoms. The summed E-state index contributed by atoms with van der Waals surface area (Å²) in [5.74, 6) is 1.03. The van der Waals surface area contributed by atoms with Crippen LogP contribution in [0.25, 0.3) is 0 Å². The van der Waals surface area contributed by atoms with E-state index in [0.29, 0.717) is 5.56 Å². The lowest BCUT2D eigenvalue weighted by Gasteiger charge is -2.02. The molecule has 0 spiro atoms. The van der Waals surface area contributed by atoms with Gasteiger partial charge in [0.05, 0.1) is 5.56 Å². The van der Waals surface area contributed by atoms with Crippen molar-refractivity contribution in [3.8, 4) is 6.07 Å². The molecular formula is C11H12BrNOS. The van der Waals surface area contributed by atoms with Crippen LogP contribution in [0.5, 0.6) is 0 Å². The van der Waals surface area contributed by atoms with E-state index in [1.165, 1.54) is 4.90 Å². The van der Waals surface area contributed by atoms with Gasteiger partial charge in [-0.1, -0.05) is 0 Å². The molecule has 0 aromatic heterocycles. The molecule has 0 saturated heterocycles. The summed E-state index contributed by atoms with van der Waals surface area (Å²) < 4.78 is 5.84. The molecule has 80 valence electrons. The molecular weight excluding hydrogens is 274 g/mol. The molecule has 0 unspecified atom stereocenters. The van der Waals surface area contributed by atoms with Crippen molar-refractivity contribution in [1.82, 2.24) is 0 Å². The molecule has 0 radical (unpaired) electrons. The smallest absolute Gasteiger partial charge is 0.100 e. The molecule has 0 saturated carbocycles. The van der Waals surface area contributed by atoms with Crippen LogP contribution >= 0.6 is 27.7 Å². The van der Waals surface area contributed by atoms with Crippen molar-refractivity contribution in [1.29, 1.82) is 5.26 Å². The summed E-state index contributed by atoms with van der Waals surface area (Å²) in [6.07, 6.45) is 1.04. The van der Waals surface area contributed by atoms with Crippen LogP contribution in [0.1, 0.15) is 12.0 Å². The predicted molar refractivity (Wildman–Crippen MR) is 66.1 cm³/mol. The first-order chi connectivity index (χ1) is 7.27. The first-order valence-electron chi connectivity index (χ1n) is 4.59. The van der Waals surface area contributed by atoms with Crippen molar-refractivity contribution in [3.05, 3.63) is 28.2 Å². The van der Waals surface area contributed by atoms with Gasteiger partial charge in [0.2, 0.25) is 0 Å². The largest absolute Gasteiger partial charge is 0.385 e. The predicted octanol–water partition coefficient (Wildman–Crippen LogP) is 3.45. The number of nitrogens with zero attached hydrogens (tertiary/aromatic N) is 1. The highest BCUT2D eigenvalue weighted by Gasteiger charge is 2.00. The molecule has 1 aromatic carbocycles. The average Bonchev–Trinajstić information content (AvgIpc) is 2.25. The van der Waals surface area contributed by atoms with Gasteiger partial charge >= 0.3 is 0 Å². The number of rotatable bonds is 5. The second-order valence-electron chi connectivity index (χ2n) is 2.95. The van der Waals surface area contributed by atoms with E-state index < -0.39 is 0 Å². The maximum Gasteiger partial charge on any atom is 0.100 e. The van der Waals surface area contributed by atoms with Crippen LogP contribution in [-0.4, -0.2) is 19.5 Å². The second-order valence-corrected chi connectivity index (χ2v) is 4.97. The lowest BCUT2D eigenvalue weighted by Crippen LogP contribution is -1.90. The Morgan fingerprint density at radius 1 is 1.53 bits per heavy atom. The van der Waals surface area contributed by atoms with Crippen molar-refractivity contribution >= 4 is 27.7 Å². The van der Waals surface area contributed by atoms with Crippen molar-refractivity contribution < 1.29 is 4.74 Å². The molecule has 0 amide bonds. The molecule has 1 rings (SSSR count). The van der Waals surface area contributed by atoms with Gasteiger partial charge < -0.3 is 4.74 Å². The van der Waals surface area contributed by atoms with Crippen LogP contribution in [0.2, 0.25) is 0 Å². The molecule has 1 aromatic rings. The van der Waals surface area contributed by atoms with Gasteiger partial charge in [-0.2, -0.15) is 5.26 Å². The first-order valence-corrected chi connectivity index (χ1v) is 6.37. The Hall–Kier alpha value is -0.500. The van der Waals surface area contributed by atoms with E-state index in [4.69, 9.17) is 10.00 Å². The zero-order chi connectivity index (χ0) is 11.1. The Kier molecular flexibility index (Phi) is 5.77. The van der Waals surface area contributed by atoms with E-state index in [1.807, 2.05) is 18.2 Å². The van der Waals surface area contributed by atoms with E-state index in [9.17, 15) is 0 Å². The van der Waals surface area contributed by atoms with Gasteiger partial charge in [-0.15, -0.1) is 11.8 Å². The third-order valence-electron chi connectivity index (χ3n) is 1.82. The molecule has 2 nitrogen and oxygen atoms in total. The summed E-state index contributed by atoms with van der Waals surface area (Å²) in [6.45, 7) is 0.796. The highest BCUT2D eigenvalue weighted by atomic mass is 79.9. The van der Waals surface area contributed by atoms with Crippen LogP contribution in [0.3, 0.4) is 0 Å².